The third-order valence-electron chi connectivity index (χ3n) is 2.86. The summed E-state index contributed by atoms with van der Waals surface area (Å²) in [6, 6.07) is 0. The average Bonchev–Trinajstić information content (AvgIpc) is 2.52. The van der Waals surface area contributed by atoms with Gasteiger partial charge in [-0.25, -0.2) is 0 Å². The third-order valence-corrected chi connectivity index (χ3v) is 2.86. The highest BCUT2D eigenvalue weighted by Gasteiger charge is 2.23. The maximum Gasteiger partial charge on any atom is 0.224 e. The van der Waals surface area contributed by atoms with Crippen molar-refractivity contribution in [3.05, 3.63) is 0 Å². The minimum atomic E-state index is 0. The van der Waals surface area contributed by atoms with Gasteiger partial charge < -0.3 is 16.0 Å². The Labute approximate surface area is 90.6 Å². The van der Waals surface area contributed by atoms with Crippen molar-refractivity contribution < 1.29 is 4.79 Å². The van der Waals surface area contributed by atoms with Gasteiger partial charge in [0.05, 0.1) is 5.92 Å². The van der Waals surface area contributed by atoms with Crippen LogP contribution in [0.25, 0.3) is 0 Å². The molecule has 2 rings (SSSR count). The Morgan fingerprint density at radius 3 is 2.57 bits per heavy atom. The van der Waals surface area contributed by atoms with Crippen LogP contribution in [0.1, 0.15) is 6.42 Å². The van der Waals surface area contributed by atoms with E-state index in [9.17, 15) is 4.79 Å². The lowest BCUT2D eigenvalue weighted by atomic mass is 10.0. The summed E-state index contributed by atoms with van der Waals surface area (Å²) in [6.07, 6.45) is 0.995. The number of hydrogen-bond acceptors (Lipinski definition) is 3. The van der Waals surface area contributed by atoms with Crippen molar-refractivity contribution in [3.63, 3.8) is 0 Å². The lowest BCUT2D eigenvalue weighted by Crippen LogP contribution is -2.49. The molecule has 0 bridgehead atoms. The number of rotatable bonds is 3. The van der Waals surface area contributed by atoms with Gasteiger partial charge in [0, 0.05) is 32.1 Å². The highest BCUT2D eigenvalue weighted by molar-refractivity contribution is 5.85. The molecule has 0 aromatic heterocycles. The van der Waals surface area contributed by atoms with Crippen molar-refractivity contribution >= 4 is 18.3 Å². The molecule has 5 heteroatoms. The Morgan fingerprint density at radius 1 is 1.29 bits per heavy atom. The first-order valence-corrected chi connectivity index (χ1v) is 5.05. The van der Waals surface area contributed by atoms with E-state index in [0.717, 1.165) is 39.1 Å². The summed E-state index contributed by atoms with van der Waals surface area (Å²) in [7, 11) is 0. The molecular formula is C9H18ClN3O. The van der Waals surface area contributed by atoms with Gasteiger partial charge in [-0.05, 0) is 13.0 Å². The van der Waals surface area contributed by atoms with E-state index in [4.69, 9.17) is 0 Å². The maximum atomic E-state index is 11.5. The molecule has 0 spiro atoms. The molecule has 4 nitrogen and oxygen atoms in total. The molecule has 14 heavy (non-hydrogen) atoms. The molecule has 1 amide bonds. The zero-order valence-electron chi connectivity index (χ0n) is 8.21. The molecule has 0 aromatic rings. The van der Waals surface area contributed by atoms with Crippen molar-refractivity contribution in [1.82, 2.24) is 16.0 Å². The largest absolute Gasteiger partial charge is 0.355 e. The minimum absolute atomic E-state index is 0. The zero-order chi connectivity index (χ0) is 9.10. The molecule has 0 aliphatic carbocycles. The highest BCUT2D eigenvalue weighted by Crippen LogP contribution is 2.07. The summed E-state index contributed by atoms with van der Waals surface area (Å²) in [5.41, 5.74) is 0. The standard InChI is InChI=1S/C9H17N3O.ClH/c13-9(8-1-2-10-6-8)12-5-7-3-11-4-7;/h7-8,10-11H,1-6H2,(H,12,13);1H/t8-;/m1./s1. The lowest BCUT2D eigenvalue weighted by molar-refractivity contribution is -0.124. The van der Waals surface area contributed by atoms with E-state index in [0.29, 0.717) is 5.92 Å². The summed E-state index contributed by atoms with van der Waals surface area (Å²) in [5.74, 6) is 1.11. The van der Waals surface area contributed by atoms with Gasteiger partial charge in [0.25, 0.3) is 0 Å². The van der Waals surface area contributed by atoms with Crippen LogP contribution < -0.4 is 16.0 Å². The van der Waals surface area contributed by atoms with Crippen molar-refractivity contribution in [2.24, 2.45) is 11.8 Å². The summed E-state index contributed by atoms with van der Waals surface area (Å²) >= 11 is 0. The summed E-state index contributed by atoms with van der Waals surface area (Å²) in [6.45, 7) is 4.81. The van der Waals surface area contributed by atoms with Crippen molar-refractivity contribution in [1.29, 1.82) is 0 Å². The molecule has 2 heterocycles. The second-order valence-electron chi connectivity index (χ2n) is 3.96. The Bertz CT molecular complexity index is 190. The van der Waals surface area contributed by atoms with E-state index in [2.05, 4.69) is 16.0 Å². The minimum Gasteiger partial charge on any atom is -0.355 e. The van der Waals surface area contributed by atoms with Gasteiger partial charge >= 0.3 is 0 Å². The molecule has 2 aliphatic rings. The molecule has 0 unspecified atom stereocenters. The van der Waals surface area contributed by atoms with Crippen LogP contribution in [0, 0.1) is 11.8 Å². The van der Waals surface area contributed by atoms with Crippen molar-refractivity contribution in [2.75, 3.05) is 32.7 Å². The monoisotopic (exact) mass is 219 g/mol. The number of hydrogen-bond donors (Lipinski definition) is 3. The van der Waals surface area contributed by atoms with E-state index in [-0.39, 0.29) is 24.2 Å². The summed E-state index contributed by atoms with van der Waals surface area (Å²) < 4.78 is 0. The first-order valence-electron chi connectivity index (χ1n) is 5.05. The number of halogens is 1. The smallest absolute Gasteiger partial charge is 0.224 e. The van der Waals surface area contributed by atoms with E-state index >= 15 is 0 Å². The van der Waals surface area contributed by atoms with Crippen LogP contribution in [0.2, 0.25) is 0 Å². The van der Waals surface area contributed by atoms with Crippen LogP contribution in [0.15, 0.2) is 0 Å². The first-order chi connectivity index (χ1) is 6.36. The molecule has 0 aromatic carbocycles. The topological polar surface area (TPSA) is 53.2 Å². The fourth-order valence-electron chi connectivity index (χ4n) is 1.76. The number of carbonyl (C=O) groups is 1. The Balaban J connectivity index is 0.000000980. The van der Waals surface area contributed by atoms with Gasteiger partial charge in [-0.3, -0.25) is 4.79 Å². The van der Waals surface area contributed by atoms with Crippen LogP contribution in [-0.2, 0) is 4.79 Å². The lowest BCUT2D eigenvalue weighted by Gasteiger charge is -2.27. The van der Waals surface area contributed by atoms with Crippen LogP contribution >= 0.6 is 12.4 Å². The van der Waals surface area contributed by atoms with Crippen LogP contribution in [0.4, 0.5) is 0 Å². The Kier molecular flexibility index (Phi) is 4.65. The second kappa shape index (κ2) is 5.53. The van der Waals surface area contributed by atoms with Crippen molar-refractivity contribution in [2.45, 2.75) is 6.42 Å². The normalized spacial score (nSPS) is 26.4. The van der Waals surface area contributed by atoms with Gasteiger partial charge in [0.2, 0.25) is 5.91 Å². The first kappa shape index (κ1) is 11.8. The molecular weight excluding hydrogens is 202 g/mol. The fourth-order valence-corrected chi connectivity index (χ4v) is 1.76. The predicted molar refractivity (Wildman–Crippen MR) is 57.6 cm³/mol. The SMILES string of the molecule is Cl.O=C(NCC1CNC1)[C@@H]1CCNC1. The molecule has 0 radical (unpaired) electrons. The van der Waals surface area contributed by atoms with E-state index in [1.807, 2.05) is 0 Å². The third kappa shape index (κ3) is 2.83. The van der Waals surface area contributed by atoms with Crippen molar-refractivity contribution in [3.8, 4) is 0 Å². The molecule has 2 aliphatic heterocycles. The highest BCUT2D eigenvalue weighted by atomic mass is 35.5. The quantitative estimate of drug-likeness (QED) is 0.592. The number of amides is 1. The van der Waals surface area contributed by atoms with Gasteiger partial charge in [0.15, 0.2) is 0 Å². The number of nitrogens with one attached hydrogen (secondary N) is 3. The van der Waals surface area contributed by atoms with E-state index in [1.54, 1.807) is 0 Å². The van der Waals surface area contributed by atoms with E-state index in [1.165, 1.54) is 0 Å². The number of carbonyl (C=O) groups excluding carboxylic acids is 1. The summed E-state index contributed by atoms with van der Waals surface area (Å²) in [4.78, 5) is 11.5. The second-order valence-corrected chi connectivity index (χ2v) is 3.96. The molecule has 2 saturated heterocycles. The van der Waals surface area contributed by atoms with Crippen LogP contribution in [0.5, 0.6) is 0 Å². The summed E-state index contributed by atoms with van der Waals surface area (Å²) in [5, 5.41) is 9.39. The predicted octanol–water partition coefficient (Wildman–Crippen LogP) is -0.647. The van der Waals surface area contributed by atoms with Gasteiger partial charge in [-0.2, -0.15) is 0 Å². The van der Waals surface area contributed by atoms with Crippen LogP contribution in [0.3, 0.4) is 0 Å². The maximum absolute atomic E-state index is 11.5. The fraction of sp³-hybridized carbons (Fsp3) is 0.889. The van der Waals surface area contributed by atoms with E-state index < -0.39 is 0 Å². The van der Waals surface area contributed by atoms with Gasteiger partial charge in [-0.1, -0.05) is 0 Å². The Hall–Kier alpha value is -0.320. The Morgan fingerprint density at radius 2 is 2.07 bits per heavy atom. The molecule has 2 fully saturated rings. The van der Waals surface area contributed by atoms with Gasteiger partial charge in [-0.15, -0.1) is 12.4 Å². The average molecular weight is 220 g/mol. The zero-order valence-corrected chi connectivity index (χ0v) is 9.03. The molecule has 1 atom stereocenters. The molecule has 0 saturated carbocycles. The van der Waals surface area contributed by atoms with Gasteiger partial charge in [0.1, 0.15) is 0 Å². The molecule has 82 valence electrons. The molecule has 3 N–H and O–H groups in total. The van der Waals surface area contributed by atoms with Crippen LogP contribution in [-0.4, -0.2) is 38.6 Å².